The summed E-state index contributed by atoms with van der Waals surface area (Å²) >= 11 is 0. The summed E-state index contributed by atoms with van der Waals surface area (Å²) in [6.07, 6.45) is -0.155. The lowest BCUT2D eigenvalue weighted by atomic mass is 10.2. The molecule has 0 heterocycles. The lowest BCUT2D eigenvalue weighted by Gasteiger charge is -2.27. The van der Waals surface area contributed by atoms with E-state index in [1.165, 1.54) is 0 Å². The van der Waals surface area contributed by atoms with Gasteiger partial charge in [0.15, 0.2) is 5.78 Å². The van der Waals surface area contributed by atoms with Crippen molar-refractivity contribution in [3.8, 4) is 0 Å². The largest absolute Gasteiger partial charge is 0.444 e. The number of carbonyl (C=O) groups excluding carboxylic acids is 2. The van der Waals surface area contributed by atoms with Crippen LogP contribution < -0.4 is 0 Å². The van der Waals surface area contributed by atoms with Crippen LogP contribution in [-0.2, 0) is 20.8 Å². The predicted octanol–water partition coefficient (Wildman–Crippen LogP) is 3.42. The quantitative estimate of drug-likeness (QED) is 0.736. The Morgan fingerprint density at radius 2 is 1.78 bits per heavy atom. The zero-order valence-corrected chi connectivity index (χ0v) is 14.5. The van der Waals surface area contributed by atoms with Crippen LogP contribution in [0.4, 0.5) is 4.79 Å². The van der Waals surface area contributed by atoms with Crippen molar-refractivity contribution in [2.24, 2.45) is 0 Å². The standard InChI is InChI=1S/C18H27NO4/c1-5-22-14-16(20)11-12-19(17(21)23-18(2,3)4)13-15-9-7-6-8-10-15/h6-10H,5,11-14H2,1-4H3. The Kier molecular flexibility index (Phi) is 7.75. The molecule has 5 nitrogen and oxygen atoms in total. The Bertz CT molecular complexity index is 493. The molecule has 0 fully saturated rings. The molecule has 5 heteroatoms. The summed E-state index contributed by atoms with van der Waals surface area (Å²) in [7, 11) is 0. The van der Waals surface area contributed by atoms with E-state index in [1.807, 2.05) is 58.0 Å². The van der Waals surface area contributed by atoms with Gasteiger partial charge < -0.3 is 14.4 Å². The van der Waals surface area contributed by atoms with Crippen LogP contribution in [0.15, 0.2) is 30.3 Å². The van der Waals surface area contributed by atoms with Crippen molar-refractivity contribution in [2.45, 2.75) is 46.3 Å². The summed E-state index contributed by atoms with van der Waals surface area (Å²) in [6.45, 7) is 8.64. The second kappa shape index (κ2) is 9.30. The van der Waals surface area contributed by atoms with Gasteiger partial charge in [-0.3, -0.25) is 4.79 Å². The van der Waals surface area contributed by atoms with Gasteiger partial charge in [0.1, 0.15) is 12.2 Å². The molecule has 0 aliphatic rings. The van der Waals surface area contributed by atoms with Gasteiger partial charge in [0.2, 0.25) is 0 Å². The van der Waals surface area contributed by atoms with Crippen LogP contribution in [0.5, 0.6) is 0 Å². The summed E-state index contributed by atoms with van der Waals surface area (Å²) in [5.41, 5.74) is 0.428. The fourth-order valence-electron chi connectivity index (χ4n) is 1.91. The summed E-state index contributed by atoms with van der Waals surface area (Å²) in [5, 5.41) is 0. The average molecular weight is 321 g/mol. The minimum Gasteiger partial charge on any atom is -0.444 e. The molecule has 0 bridgehead atoms. The number of benzene rings is 1. The van der Waals surface area contributed by atoms with E-state index >= 15 is 0 Å². The Balaban J connectivity index is 2.68. The van der Waals surface area contributed by atoms with Crippen molar-refractivity contribution in [1.82, 2.24) is 4.90 Å². The molecule has 128 valence electrons. The van der Waals surface area contributed by atoms with Gasteiger partial charge in [0, 0.05) is 26.1 Å². The number of nitrogens with zero attached hydrogens (tertiary/aromatic N) is 1. The molecular formula is C18H27NO4. The summed E-state index contributed by atoms with van der Waals surface area (Å²) in [4.78, 5) is 25.7. The molecule has 0 aliphatic carbocycles. The first kappa shape index (κ1) is 19.2. The number of rotatable bonds is 8. The van der Waals surface area contributed by atoms with E-state index in [2.05, 4.69) is 0 Å². The number of hydrogen-bond acceptors (Lipinski definition) is 4. The van der Waals surface area contributed by atoms with E-state index in [0.717, 1.165) is 5.56 Å². The molecule has 1 rings (SSSR count). The van der Waals surface area contributed by atoms with Crippen molar-refractivity contribution in [3.63, 3.8) is 0 Å². The Morgan fingerprint density at radius 1 is 1.13 bits per heavy atom. The highest BCUT2D eigenvalue weighted by molar-refractivity contribution is 5.80. The van der Waals surface area contributed by atoms with E-state index in [0.29, 0.717) is 19.7 Å². The van der Waals surface area contributed by atoms with Gasteiger partial charge in [-0.25, -0.2) is 4.79 Å². The smallest absolute Gasteiger partial charge is 0.410 e. The maximum absolute atomic E-state index is 12.4. The van der Waals surface area contributed by atoms with Crippen LogP contribution in [0.3, 0.4) is 0 Å². The molecule has 1 aromatic rings. The number of amides is 1. The van der Waals surface area contributed by atoms with Gasteiger partial charge in [-0.05, 0) is 33.3 Å². The van der Waals surface area contributed by atoms with Gasteiger partial charge in [-0.1, -0.05) is 30.3 Å². The van der Waals surface area contributed by atoms with Gasteiger partial charge in [-0.2, -0.15) is 0 Å². The van der Waals surface area contributed by atoms with Crippen molar-refractivity contribution in [3.05, 3.63) is 35.9 Å². The third kappa shape index (κ3) is 8.35. The molecular weight excluding hydrogens is 294 g/mol. The molecule has 0 aliphatic heterocycles. The van der Waals surface area contributed by atoms with Crippen LogP contribution in [0.1, 0.15) is 39.7 Å². The second-order valence-electron chi connectivity index (χ2n) is 6.31. The van der Waals surface area contributed by atoms with Crippen molar-refractivity contribution in [1.29, 1.82) is 0 Å². The second-order valence-corrected chi connectivity index (χ2v) is 6.31. The summed E-state index contributed by atoms with van der Waals surface area (Å²) in [6, 6.07) is 9.65. The molecule has 0 unspecified atom stereocenters. The number of hydrogen-bond donors (Lipinski definition) is 0. The lowest BCUT2D eigenvalue weighted by Crippen LogP contribution is -2.37. The van der Waals surface area contributed by atoms with Gasteiger partial charge in [0.05, 0.1) is 0 Å². The molecule has 1 amide bonds. The predicted molar refractivity (Wildman–Crippen MR) is 89.2 cm³/mol. The van der Waals surface area contributed by atoms with E-state index in [4.69, 9.17) is 9.47 Å². The highest BCUT2D eigenvalue weighted by atomic mass is 16.6. The number of carbonyl (C=O) groups is 2. The summed E-state index contributed by atoms with van der Waals surface area (Å²) < 4.78 is 10.5. The molecule has 0 saturated heterocycles. The first-order valence-corrected chi connectivity index (χ1v) is 7.93. The highest BCUT2D eigenvalue weighted by Gasteiger charge is 2.22. The van der Waals surface area contributed by atoms with Crippen molar-refractivity contribution >= 4 is 11.9 Å². The highest BCUT2D eigenvalue weighted by Crippen LogP contribution is 2.13. The third-order valence-electron chi connectivity index (χ3n) is 3.00. The van der Waals surface area contributed by atoms with E-state index in [-0.39, 0.29) is 18.8 Å². The van der Waals surface area contributed by atoms with Crippen LogP contribution in [-0.4, -0.2) is 42.1 Å². The van der Waals surface area contributed by atoms with E-state index < -0.39 is 11.7 Å². The summed E-state index contributed by atoms with van der Waals surface area (Å²) in [5.74, 6) is -0.0199. The first-order valence-electron chi connectivity index (χ1n) is 7.93. The average Bonchev–Trinajstić information content (AvgIpc) is 2.48. The first-order chi connectivity index (χ1) is 10.8. The van der Waals surface area contributed by atoms with Gasteiger partial charge >= 0.3 is 6.09 Å². The molecule has 0 radical (unpaired) electrons. The van der Waals surface area contributed by atoms with Crippen LogP contribution in [0.25, 0.3) is 0 Å². The van der Waals surface area contributed by atoms with Crippen LogP contribution in [0.2, 0.25) is 0 Å². The Labute approximate surface area is 138 Å². The maximum Gasteiger partial charge on any atom is 0.410 e. The van der Waals surface area contributed by atoms with Gasteiger partial charge in [-0.15, -0.1) is 0 Å². The lowest BCUT2D eigenvalue weighted by molar-refractivity contribution is -0.123. The van der Waals surface area contributed by atoms with Crippen molar-refractivity contribution in [2.75, 3.05) is 19.8 Å². The minimum atomic E-state index is -0.568. The minimum absolute atomic E-state index is 0.0199. The molecule has 23 heavy (non-hydrogen) atoms. The topological polar surface area (TPSA) is 55.8 Å². The number of Topliss-reactive ketones (excluding diaryl/α,β-unsaturated/α-hetero) is 1. The van der Waals surface area contributed by atoms with E-state index in [1.54, 1.807) is 4.90 Å². The molecule has 0 saturated carbocycles. The van der Waals surface area contributed by atoms with Gasteiger partial charge in [0.25, 0.3) is 0 Å². The molecule has 0 N–H and O–H groups in total. The van der Waals surface area contributed by atoms with E-state index in [9.17, 15) is 9.59 Å². The number of ketones is 1. The Morgan fingerprint density at radius 3 is 2.35 bits per heavy atom. The molecule has 1 aromatic carbocycles. The fraction of sp³-hybridized carbons (Fsp3) is 0.556. The molecule has 0 aromatic heterocycles. The number of ether oxygens (including phenoxy) is 2. The normalized spacial score (nSPS) is 11.1. The monoisotopic (exact) mass is 321 g/mol. The van der Waals surface area contributed by atoms with Crippen LogP contribution in [0, 0.1) is 0 Å². The van der Waals surface area contributed by atoms with Crippen molar-refractivity contribution < 1.29 is 19.1 Å². The maximum atomic E-state index is 12.4. The zero-order chi connectivity index (χ0) is 17.3. The zero-order valence-electron chi connectivity index (χ0n) is 14.5. The molecule has 0 atom stereocenters. The fourth-order valence-corrected chi connectivity index (χ4v) is 1.91. The van der Waals surface area contributed by atoms with Crippen LogP contribution >= 0.6 is 0 Å². The Hall–Kier alpha value is -1.88. The third-order valence-corrected chi connectivity index (χ3v) is 3.00. The molecule has 0 spiro atoms. The SMILES string of the molecule is CCOCC(=O)CCN(Cc1ccccc1)C(=O)OC(C)(C)C.